The second kappa shape index (κ2) is 5.06. The molecule has 1 N–H and O–H groups in total. The molecule has 0 aliphatic carbocycles. The Balaban J connectivity index is 2.20. The number of ketones is 1. The Morgan fingerprint density at radius 3 is 2.73 bits per heavy atom. The Morgan fingerprint density at radius 2 is 2.14 bits per heavy atom. The van der Waals surface area contributed by atoms with Crippen LogP contribution in [-0.2, 0) is 6.54 Å². The molecule has 0 bridgehead atoms. The lowest BCUT2D eigenvalue weighted by Gasteiger charge is -2.17. The molecule has 114 valence electrons. The third-order valence-electron chi connectivity index (χ3n) is 3.39. The van der Waals surface area contributed by atoms with Gasteiger partial charge in [0.15, 0.2) is 5.78 Å². The number of fused-ring (bicyclic) bond motifs is 1. The highest BCUT2D eigenvalue weighted by atomic mass is 16.5. The van der Waals surface area contributed by atoms with Gasteiger partial charge in [-0.1, -0.05) is 11.2 Å². The molecule has 0 aliphatic rings. The third-order valence-corrected chi connectivity index (χ3v) is 3.39. The van der Waals surface area contributed by atoms with Crippen LogP contribution < -0.4 is 0 Å². The van der Waals surface area contributed by atoms with Gasteiger partial charge in [-0.2, -0.15) is 5.10 Å². The smallest absolute Gasteiger partial charge is 0.180 e. The summed E-state index contributed by atoms with van der Waals surface area (Å²) in [5, 5.41) is 18.9. The van der Waals surface area contributed by atoms with Crippen molar-refractivity contribution in [1.29, 1.82) is 0 Å². The summed E-state index contributed by atoms with van der Waals surface area (Å²) in [6.07, 6.45) is 3.19. The maximum atomic E-state index is 11.8. The average molecular weight is 299 g/mol. The number of nitrogens with zero attached hydrogens (tertiary/aromatic N) is 3. The minimum Gasteiger partial charge on any atom is -0.389 e. The SMILES string of the molecule is CC(=O)c1nn(CC(C)(C)O)c2cc(-c3cnoc3)ccc12. The van der Waals surface area contributed by atoms with E-state index in [1.165, 1.54) is 6.92 Å². The molecular weight excluding hydrogens is 282 g/mol. The van der Waals surface area contributed by atoms with Gasteiger partial charge >= 0.3 is 0 Å². The third kappa shape index (κ3) is 2.65. The lowest BCUT2D eigenvalue weighted by atomic mass is 10.1. The summed E-state index contributed by atoms with van der Waals surface area (Å²) in [5.41, 5.74) is 2.05. The van der Waals surface area contributed by atoms with E-state index in [2.05, 4.69) is 10.3 Å². The zero-order valence-electron chi connectivity index (χ0n) is 12.7. The van der Waals surface area contributed by atoms with Crippen molar-refractivity contribution in [2.75, 3.05) is 0 Å². The molecule has 2 heterocycles. The molecule has 0 unspecified atom stereocenters. The molecule has 3 rings (SSSR count). The molecule has 2 aromatic heterocycles. The summed E-state index contributed by atoms with van der Waals surface area (Å²) < 4.78 is 6.54. The van der Waals surface area contributed by atoms with Gasteiger partial charge in [0.1, 0.15) is 12.0 Å². The van der Waals surface area contributed by atoms with Crippen LogP contribution in [0.25, 0.3) is 22.0 Å². The summed E-state index contributed by atoms with van der Waals surface area (Å²) in [7, 11) is 0. The topological polar surface area (TPSA) is 81.2 Å². The van der Waals surface area contributed by atoms with E-state index in [4.69, 9.17) is 4.52 Å². The lowest BCUT2D eigenvalue weighted by molar-refractivity contribution is 0.0588. The molecule has 0 fully saturated rings. The zero-order chi connectivity index (χ0) is 15.9. The van der Waals surface area contributed by atoms with Crippen molar-refractivity contribution in [1.82, 2.24) is 14.9 Å². The molecular formula is C16H17N3O3. The number of carbonyl (C=O) groups is 1. The van der Waals surface area contributed by atoms with Gasteiger partial charge in [0.25, 0.3) is 0 Å². The highest BCUT2D eigenvalue weighted by Crippen LogP contribution is 2.27. The summed E-state index contributed by atoms with van der Waals surface area (Å²) in [6.45, 7) is 5.20. The normalized spacial score (nSPS) is 12.0. The van der Waals surface area contributed by atoms with Gasteiger partial charge in [-0.15, -0.1) is 0 Å². The van der Waals surface area contributed by atoms with Crippen LogP contribution in [-0.4, -0.2) is 31.4 Å². The van der Waals surface area contributed by atoms with Crippen LogP contribution in [0.5, 0.6) is 0 Å². The fraction of sp³-hybridized carbons (Fsp3) is 0.312. The van der Waals surface area contributed by atoms with Gasteiger partial charge < -0.3 is 9.63 Å². The minimum atomic E-state index is -0.930. The van der Waals surface area contributed by atoms with E-state index in [0.717, 1.165) is 22.0 Å². The Labute approximate surface area is 127 Å². The second-order valence-electron chi connectivity index (χ2n) is 6.02. The molecule has 6 heteroatoms. The van der Waals surface area contributed by atoms with Crippen molar-refractivity contribution in [2.24, 2.45) is 0 Å². The second-order valence-corrected chi connectivity index (χ2v) is 6.02. The first-order chi connectivity index (χ1) is 10.3. The van der Waals surface area contributed by atoms with Crippen LogP contribution in [0.1, 0.15) is 31.3 Å². The van der Waals surface area contributed by atoms with Gasteiger partial charge in [0, 0.05) is 17.9 Å². The summed E-state index contributed by atoms with van der Waals surface area (Å²) in [5.74, 6) is -0.0998. The molecule has 6 nitrogen and oxygen atoms in total. The quantitative estimate of drug-likeness (QED) is 0.749. The number of benzene rings is 1. The number of Topliss-reactive ketones (excluding diaryl/α,β-unsaturated/α-hetero) is 1. The molecule has 0 amide bonds. The molecule has 0 saturated carbocycles. The van der Waals surface area contributed by atoms with Crippen LogP contribution >= 0.6 is 0 Å². The van der Waals surface area contributed by atoms with E-state index < -0.39 is 5.60 Å². The van der Waals surface area contributed by atoms with Crippen LogP contribution in [0.3, 0.4) is 0 Å². The average Bonchev–Trinajstić information content (AvgIpc) is 3.05. The molecule has 0 atom stereocenters. The van der Waals surface area contributed by atoms with E-state index in [1.54, 1.807) is 31.0 Å². The van der Waals surface area contributed by atoms with Crippen molar-refractivity contribution in [3.63, 3.8) is 0 Å². The van der Waals surface area contributed by atoms with Gasteiger partial charge in [0.2, 0.25) is 0 Å². The first-order valence-corrected chi connectivity index (χ1v) is 6.99. The number of rotatable bonds is 4. The predicted molar refractivity (Wildman–Crippen MR) is 81.5 cm³/mol. The monoisotopic (exact) mass is 299 g/mol. The zero-order valence-corrected chi connectivity index (χ0v) is 12.7. The molecule has 1 aromatic carbocycles. The van der Waals surface area contributed by atoms with Crippen molar-refractivity contribution in [3.8, 4) is 11.1 Å². The largest absolute Gasteiger partial charge is 0.389 e. The number of aromatic nitrogens is 3. The molecule has 0 aliphatic heterocycles. The Morgan fingerprint density at radius 1 is 1.36 bits per heavy atom. The maximum absolute atomic E-state index is 11.8. The van der Waals surface area contributed by atoms with Gasteiger partial charge in [-0.25, -0.2) is 0 Å². The van der Waals surface area contributed by atoms with Gasteiger partial charge in [0.05, 0.1) is 23.9 Å². The molecule has 3 aromatic rings. The van der Waals surface area contributed by atoms with Crippen LogP contribution in [0, 0.1) is 0 Å². The number of aliphatic hydroxyl groups is 1. The maximum Gasteiger partial charge on any atom is 0.180 e. The first-order valence-electron chi connectivity index (χ1n) is 6.99. The Hall–Kier alpha value is -2.47. The first kappa shape index (κ1) is 14.5. The van der Waals surface area contributed by atoms with E-state index in [-0.39, 0.29) is 5.78 Å². The summed E-state index contributed by atoms with van der Waals surface area (Å²) in [6, 6.07) is 5.69. The van der Waals surface area contributed by atoms with E-state index in [1.807, 2.05) is 18.2 Å². The minimum absolute atomic E-state index is 0.0998. The number of carbonyl (C=O) groups excluding carboxylic acids is 1. The van der Waals surface area contributed by atoms with Crippen LogP contribution in [0.2, 0.25) is 0 Å². The molecule has 22 heavy (non-hydrogen) atoms. The number of hydrogen-bond acceptors (Lipinski definition) is 5. The van der Waals surface area contributed by atoms with Gasteiger partial charge in [-0.3, -0.25) is 9.48 Å². The van der Waals surface area contributed by atoms with Crippen molar-refractivity contribution < 1.29 is 14.4 Å². The standard InChI is InChI=1S/C16H17N3O3/c1-10(20)15-13-5-4-11(12-7-17-22-8-12)6-14(13)19(18-15)9-16(2,3)21/h4-8,21H,9H2,1-3H3. The lowest BCUT2D eigenvalue weighted by Crippen LogP contribution is -2.26. The Kier molecular flexibility index (Phi) is 3.33. The summed E-state index contributed by atoms with van der Waals surface area (Å²) >= 11 is 0. The van der Waals surface area contributed by atoms with Gasteiger partial charge in [-0.05, 0) is 31.5 Å². The highest BCUT2D eigenvalue weighted by molar-refractivity contribution is 6.05. The fourth-order valence-electron chi connectivity index (χ4n) is 2.45. The molecule has 0 radical (unpaired) electrons. The predicted octanol–water partition coefficient (Wildman–Crippen LogP) is 2.66. The van der Waals surface area contributed by atoms with Crippen LogP contribution in [0.15, 0.2) is 35.2 Å². The van der Waals surface area contributed by atoms with E-state index in [0.29, 0.717) is 12.2 Å². The molecule has 0 spiro atoms. The fourth-order valence-corrected chi connectivity index (χ4v) is 2.45. The van der Waals surface area contributed by atoms with E-state index >= 15 is 0 Å². The van der Waals surface area contributed by atoms with Crippen molar-refractivity contribution >= 4 is 16.7 Å². The summed E-state index contributed by atoms with van der Waals surface area (Å²) in [4.78, 5) is 11.8. The van der Waals surface area contributed by atoms with Crippen LogP contribution in [0.4, 0.5) is 0 Å². The van der Waals surface area contributed by atoms with Crippen molar-refractivity contribution in [2.45, 2.75) is 32.9 Å². The molecule has 0 saturated heterocycles. The van der Waals surface area contributed by atoms with E-state index in [9.17, 15) is 9.90 Å². The highest BCUT2D eigenvalue weighted by Gasteiger charge is 2.20. The van der Waals surface area contributed by atoms with Crippen molar-refractivity contribution in [3.05, 3.63) is 36.4 Å². The Bertz CT molecular complexity index is 826. The number of hydrogen-bond donors (Lipinski definition) is 1.